The van der Waals surface area contributed by atoms with Crippen LogP contribution in [0.1, 0.15) is 82.5 Å². The molecule has 2 aliphatic heterocycles. The lowest BCUT2D eigenvalue weighted by molar-refractivity contribution is -0.612. The zero-order valence-electron chi connectivity index (χ0n) is 35.8. The number of aromatic nitrogens is 4. The van der Waals surface area contributed by atoms with Crippen molar-refractivity contribution in [3.63, 3.8) is 0 Å². The SMILES string of the molecule is COC(=O)c1ccc(-c2ccc3c(n2)Oc2c(ccc[n+]2[O-])C3C(C)(C)C(=O)OC)cc1.COC(=O)c1ccc(-c2ccc3c(n2)Oc2ncccc2C3C(C)(C)C(=O)OC)cc1. The molecule has 15 nitrogen and oxygen atoms in total. The van der Waals surface area contributed by atoms with E-state index in [1.807, 2.05) is 50.2 Å². The summed E-state index contributed by atoms with van der Waals surface area (Å²) in [5, 5.41) is 12.5. The van der Waals surface area contributed by atoms with Gasteiger partial charge < -0.3 is 33.6 Å². The summed E-state index contributed by atoms with van der Waals surface area (Å²) >= 11 is 0. The maximum atomic E-state index is 12.6. The Hall–Kier alpha value is -7.68. The van der Waals surface area contributed by atoms with E-state index < -0.39 is 34.7 Å². The molecule has 6 aromatic rings. The molecule has 2 unspecified atom stereocenters. The zero-order valence-corrected chi connectivity index (χ0v) is 35.8. The third-order valence-corrected chi connectivity index (χ3v) is 11.2. The van der Waals surface area contributed by atoms with E-state index in [0.717, 1.165) is 22.3 Å². The first-order valence-corrected chi connectivity index (χ1v) is 19.7. The number of ether oxygens (including phenoxy) is 6. The van der Waals surface area contributed by atoms with Gasteiger partial charge in [-0.05, 0) is 76.2 Å². The summed E-state index contributed by atoms with van der Waals surface area (Å²) in [6.45, 7) is 7.22. The Bertz CT molecular complexity index is 2730. The fraction of sp³-hybridized carbons (Fsp3) is 0.250. The molecule has 0 saturated carbocycles. The van der Waals surface area contributed by atoms with Gasteiger partial charge in [0.05, 0.1) is 67.3 Å². The second-order valence-corrected chi connectivity index (χ2v) is 15.8. The maximum Gasteiger partial charge on any atom is 0.390 e. The van der Waals surface area contributed by atoms with Crippen LogP contribution in [0.4, 0.5) is 0 Å². The summed E-state index contributed by atoms with van der Waals surface area (Å²) in [4.78, 5) is 62.3. The summed E-state index contributed by atoms with van der Waals surface area (Å²) in [7, 11) is 5.39. The monoisotopic (exact) mass is 852 g/mol. The van der Waals surface area contributed by atoms with Gasteiger partial charge in [0.2, 0.25) is 17.6 Å². The highest BCUT2D eigenvalue weighted by Crippen LogP contribution is 2.52. The van der Waals surface area contributed by atoms with E-state index in [0.29, 0.717) is 50.1 Å². The van der Waals surface area contributed by atoms with Crippen LogP contribution in [-0.4, -0.2) is 67.3 Å². The Morgan fingerprint density at radius 3 is 1.48 bits per heavy atom. The second kappa shape index (κ2) is 17.4. The Morgan fingerprint density at radius 1 is 0.556 bits per heavy atom. The number of rotatable bonds is 8. The van der Waals surface area contributed by atoms with Crippen molar-refractivity contribution < 1.29 is 52.3 Å². The minimum atomic E-state index is -0.984. The van der Waals surface area contributed by atoms with Crippen LogP contribution in [0.15, 0.2) is 109 Å². The van der Waals surface area contributed by atoms with Gasteiger partial charge in [0.25, 0.3) is 0 Å². The molecular weight excluding hydrogens is 809 g/mol. The molecule has 6 heterocycles. The molecule has 0 saturated heterocycles. The number of nitrogens with zero attached hydrogens (tertiary/aromatic N) is 4. The summed E-state index contributed by atoms with van der Waals surface area (Å²) in [6, 6.07) is 28.3. The summed E-state index contributed by atoms with van der Waals surface area (Å²) in [5.41, 5.74) is 4.71. The molecule has 2 aromatic carbocycles. The van der Waals surface area contributed by atoms with Gasteiger partial charge in [-0.25, -0.2) is 24.5 Å². The number of benzene rings is 2. The Labute approximate surface area is 363 Å². The number of carbonyl (C=O) groups excluding carboxylic acids is 4. The molecule has 8 rings (SSSR count). The number of hydrogen-bond acceptors (Lipinski definition) is 14. The molecule has 322 valence electrons. The van der Waals surface area contributed by atoms with Crippen molar-refractivity contribution in [1.29, 1.82) is 0 Å². The molecule has 0 aliphatic carbocycles. The van der Waals surface area contributed by atoms with Crippen LogP contribution in [-0.2, 0) is 28.5 Å². The lowest BCUT2D eigenvalue weighted by atomic mass is 9.71. The van der Waals surface area contributed by atoms with E-state index in [-0.39, 0.29) is 23.6 Å². The fourth-order valence-corrected chi connectivity index (χ4v) is 7.97. The first-order valence-electron chi connectivity index (χ1n) is 19.7. The van der Waals surface area contributed by atoms with Gasteiger partial charge in [-0.3, -0.25) is 9.59 Å². The lowest BCUT2D eigenvalue weighted by Gasteiger charge is -2.36. The zero-order chi connectivity index (χ0) is 45.2. The van der Waals surface area contributed by atoms with E-state index in [2.05, 4.69) is 9.97 Å². The highest BCUT2D eigenvalue weighted by atomic mass is 16.6. The van der Waals surface area contributed by atoms with E-state index in [1.165, 1.54) is 34.6 Å². The Kier molecular flexibility index (Phi) is 12.0. The summed E-state index contributed by atoms with van der Waals surface area (Å²) in [6.07, 6.45) is 2.98. The van der Waals surface area contributed by atoms with Gasteiger partial charge in [0.1, 0.15) is 0 Å². The van der Waals surface area contributed by atoms with E-state index in [4.69, 9.17) is 33.4 Å². The summed E-state index contributed by atoms with van der Waals surface area (Å²) < 4.78 is 32.1. The predicted octanol–water partition coefficient (Wildman–Crippen LogP) is 7.97. The summed E-state index contributed by atoms with van der Waals surface area (Å²) in [5.74, 6) is -1.28. The molecular formula is C48H44N4O11. The molecule has 0 amide bonds. The standard InChI is InChI=1S/C24H22N2O6.C24H22N2O5/c1-24(2,23(28)31-4)19-16-11-12-18(14-7-9-15(10-8-14)22(27)30-3)25-20(16)32-21-17(19)6-5-13-26(21)29;1-24(2,23(28)30-4)19-16-6-5-13-25-20(16)31-21-17(19)11-12-18(26-21)14-7-9-15(10-8-14)22(27)29-3/h5-13,19H,1-4H3;5-13,19H,1-4H3. The second-order valence-electron chi connectivity index (χ2n) is 15.8. The molecule has 63 heavy (non-hydrogen) atoms. The molecule has 2 aliphatic rings. The van der Waals surface area contributed by atoms with Crippen molar-refractivity contribution in [3.8, 4) is 46.0 Å². The van der Waals surface area contributed by atoms with Crippen molar-refractivity contribution in [2.24, 2.45) is 10.8 Å². The minimum Gasteiger partial charge on any atom is -0.616 e. The van der Waals surface area contributed by atoms with Gasteiger partial charge >= 0.3 is 29.8 Å². The van der Waals surface area contributed by atoms with Crippen LogP contribution in [0, 0.1) is 16.0 Å². The lowest BCUT2D eigenvalue weighted by Crippen LogP contribution is -2.38. The Balaban J connectivity index is 0.000000189. The highest BCUT2D eigenvalue weighted by Gasteiger charge is 2.48. The maximum absolute atomic E-state index is 12.6. The number of carbonyl (C=O) groups is 4. The molecule has 15 heteroatoms. The number of hydrogen-bond donors (Lipinski definition) is 0. The number of esters is 4. The first-order chi connectivity index (χ1) is 30.1. The van der Waals surface area contributed by atoms with Crippen molar-refractivity contribution >= 4 is 23.9 Å². The molecule has 4 aromatic heterocycles. The topological polar surface area (TPSA) is 189 Å². The van der Waals surface area contributed by atoms with E-state index in [1.54, 1.807) is 80.7 Å². The first kappa shape index (κ1) is 43.4. The van der Waals surface area contributed by atoms with Crippen LogP contribution in [0.5, 0.6) is 23.5 Å². The fourth-order valence-electron chi connectivity index (χ4n) is 7.97. The quantitative estimate of drug-likeness (QED) is 0.0620. The van der Waals surface area contributed by atoms with Crippen molar-refractivity contribution in [3.05, 3.63) is 148 Å². The van der Waals surface area contributed by atoms with E-state index >= 15 is 0 Å². The van der Waals surface area contributed by atoms with Gasteiger partial charge in [-0.15, -0.1) is 4.73 Å². The third-order valence-electron chi connectivity index (χ3n) is 11.2. The van der Waals surface area contributed by atoms with Gasteiger partial charge in [-0.2, -0.15) is 0 Å². The van der Waals surface area contributed by atoms with Gasteiger partial charge in [0.15, 0.2) is 6.20 Å². The molecule has 0 radical (unpaired) electrons. The minimum absolute atomic E-state index is 0.0765. The normalized spacial score (nSPS) is 14.6. The largest absolute Gasteiger partial charge is 0.616 e. The molecule has 0 N–H and O–H groups in total. The third kappa shape index (κ3) is 8.12. The van der Waals surface area contributed by atoms with E-state index in [9.17, 15) is 24.4 Å². The predicted molar refractivity (Wildman–Crippen MR) is 227 cm³/mol. The number of fused-ring (bicyclic) bond motifs is 4. The van der Waals surface area contributed by atoms with Crippen LogP contribution >= 0.6 is 0 Å². The van der Waals surface area contributed by atoms with Gasteiger partial charge in [0, 0.05) is 51.9 Å². The van der Waals surface area contributed by atoms with Crippen LogP contribution < -0.4 is 14.2 Å². The average molecular weight is 853 g/mol. The number of methoxy groups -OCH3 is 4. The highest BCUT2D eigenvalue weighted by molar-refractivity contribution is 5.90. The smallest absolute Gasteiger partial charge is 0.390 e. The van der Waals surface area contributed by atoms with Crippen LogP contribution in [0.3, 0.4) is 0 Å². The van der Waals surface area contributed by atoms with Crippen molar-refractivity contribution in [2.75, 3.05) is 28.4 Å². The average Bonchev–Trinajstić information content (AvgIpc) is 3.31. The van der Waals surface area contributed by atoms with Gasteiger partial charge in [-0.1, -0.05) is 42.5 Å². The van der Waals surface area contributed by atoms with Crippen LogP contribution in [0.2, 0.25) is 0 Å². The number of pyridine rings is 4. The van der Waals surface area contributed by atoms with Crippen molar-refractivity contribution in [2.45, 2.75) is 39.5 Å². The molecule has 2 atom stereocenters. The molecule has 0 fully saturated rings. The van der Waals surface area contributed by atoms with Crippen molar-refractivity contribution in [1.82, 2.24) is 15.0 Å². The molecule has 0 spiro atoms. The van der Waals surface area contributed by atoms with Crippen LogP contribution in [0.25, 0.3) is 22.5 Å². The Morgan fingerprint density at radius 2 is 1.00 bits per heavy atom. The molecule has 0 bridgehead atoms.